The molecule has 0 unspecified atom stereocenters. The van der Waals surface area contributed by atoms with E-state index in [1.54, 1.807) is 0 Å². The molecule has 2 aromatic carbocycles. The zero-order chi connectivity index (χ0) is 12.5. The van der Waals surface area contributed by atoms with Crippen LogP contribution in [0.3, 0.4) is 0 Å². The quantitative estimate of drug-likeness (QED) is 0.854. The third kappa shape index (κ3) is 2.24. The van der Waals surface area contributed by atoms with Crippen molar-refractivity contribution in [2.45, 2.75) is 9.79 Å². The first-order chi connectivity index (χ1) is 8.00. The predicted octanol–water partition coefficient (Wildman–Crippen LogP) is 1.93. The van der Waals surface area contributed by atoms with Crippen LogP contribution >= 0.6 is 0 Å². The fraction of sp³-hybridized carbons (Fsp3) is 0. The Morgan fingerprint density at radius 1 is 0.765 bits per heavy atom. The second-order valence-corrected chi connectivity index (χ2v) is 5.45. The van der Waals surface area contributed by atoms with Crippen LogP contribution in [0.1, 0.15) is 0 Å². The number of aromatic hydroxyl groups is 2. The lowest BCUT2D eigenvalue weighted by Crippen LogP contribution is -2.01. The smallest absolute Gasteiger partial charge is 0.206 e. The van der Waals surface area contributed by atoms with Crippen LogP contribution in [0.5, 0.6) is 11.5 Å². The molecule has 0 atom stereocenters. The van der Waals surface area contributed by atoms with Crippen LogP contribution in [0.4, 0.5) is 0 Å². The Morgan fingerprint density at radius 2 is 1.18 bits per heavy atom. The molecule has 5 heteroatoms. The van der Waals surface area contributed by atoms with Gasteiger partial charge in [-0.3, -0.25) is 0 Å². The Hall–Kier alpha value is -2.01. The molecule has 0 amide bonds. The molecule has 0 radical (unpaired) electrons. The summed E-state index contributed by atoms with van der Waals surface area (Å²) in [6, 6.07) is 10.8. The van der Waals surface area contributed by atoms with E-state index in [1.807, 2.05) is 0 Å². The molecule has 0 heterocycles. The van der Waals surface area contributed by atoms with Crippen LogP contribution in [0.15, 0.2) is 58.3 Å². The van der Waals surface area contributed by atoms with Gasteiger partial charge in [0.25, 0.3) is 0 Å². The summed E-state index contributed by atoms with van der Waals surface area (Å²) in [4.78, 5) is -0.0220. The van der Waals surface area contributed by atoms with Gasteiger partial charge >= 0.3 is 0 Å². The van der Waals surface area contributed by atoms with E-state index in [2.05, 4.69) is 0 Å². The van der Waals surface area contributed by atoms with E-state index >= 15 is 0 Å². The summed E-state index contributed by atoms with van der Waals surface area (Å²) >= 11 is 0. The maximum absolute atomic E-state index is 12.1. The first-order valence-electron chi connectivity index (χ1n) is 4.83. The highest BCUT2D eigenvalue weighted by atomic mass is 32.2. The third-order valence-electron chi connectivity index (χ3n) is 2.26. The van der Waals surface area contributed by atoms with E-state index in [0.29, 0.717) is 0 Å². The first-order valence-corrected chi connectivity index (χ1v) is 6.31. The van der Waals surface area contributed by atoms with Crippen molar-refractivity contribution in [2.75, 3.05) is 0 Å². The molecule has 17 heavy (non-hydrogen) atoms. The van der Waals surface area contributed by atoms with Gasteiger partial charge in [-0.05, 0) is 36.4 Å². The summed E-state index contributed by atoms with van der Waals surface area (Å²) in [5.74, 6) is -0.238. The van der Waals surface area contributed by atoms with Gasteiger partial charge in [0.1, 0.15) is 11.5 Å². The monoisotopic (exact) mass is 250 g/mol. The normalized spacial score (nSPS) is 11.3. The average molecular weight is 250 g/mol. The highest BCUT2D eigenvalue weighted by molar-refractivity contribution is 7.91. The number of hydrogen-bond acceptors (Lipinski definition) is 4. The predicted molar refractivity (Wildman–Crippen MR) is 61.7 cm³/mol. The van der Waals surface area contributed by atoms with E-state index in [1.165, 1.54) is 48.5 Å². The number of phenolic OH excluding ortho intramolecular Hbond substituents is 2. The number of hydrogen-bond donors (Lipinski definition) is 2. The molecule has 2 aromatic rings. The van der Waals surface area contributed by atoms with Crippen molar-refractivity contribution in [3.63, 3.8) is 0 Å². The molecular weight excluding hydrogens is 240 g/mol. The summed E-state index contributed by atoms with van der Waals surface area (Å²) in [5.41, 5.74) is 0. The Morgan fingerprint density at radius 3 is 1.53 bits per heavy atom. The zero-order valence-corrected chi connectivity index (χ0v) is 9.55. The highest BCUT2D eigenvalue weighted by Gasteiger charge is 2.18. The second kappa shape index (κ2) is 4.10. The fourth-order valence-corrected chi connectivity index (χ4v) is 2.78. The maximum atomic E-state index is 12.1. The molecule has 0 aliphatic heterocycles. The molecule has 0 aromatic heterocycles. The highest BCUT2D eigenvalue weighted by Crippen LogP contribution is 2.25. The number of rotatable bonds is 2. The van der Waals surface area contributed by atoms with E-state index in [9.17, 15) is 18.6 Å². The maximum Gasteiger partial charge on any atom is 0.206 e. The van der Waals surface area contributed by atoms with E-state index < -0.39 is 9.84 Å². The van der Waals surface area contributed by atoms with E-state index in [4.69, 9.17) is 0 Å². The van der Waals surface area contributed by atoms with Gasteiger partial charge in [-0.25, -0.2) is 8.42 Å². The minimum absolute atomic E-state index is 0.0110. The van der Waals surface area contributed by atoms with Crippen molar-refractivity contribution in [1.29, 1.82) is 0 Å². The zero-order valence-electron chi connectivity index (χ0n) is 8.74. The van der Waals surface area contributed by atoms with Gasteiger partial charge in [-0.1, -0.05) is 12.1 Å². The molecule has 0 saturated heterocycles. The van der Waals surface area contributed by atoms with Gasteiger partial charge in [0.05, 0.1) is 9.79 Å². The Bertz CT molecular complexity index is 596. The summed E-state index contributed by atoms with van der Waals surface area (Å²) < 4.78 is 24.2. The molecule has 4 nitrogen and oxygen atoms in total. The lowest BCUT2D eigenvalue weighted by Gasteiger charge is -2.05. The van der Waals surface area contributed by atoms with Gasteiger partial charge in [0, 0.05) is 0 Å². The lowest BCUT2D eigenvalue weighted by atomic mass is 10.3. The first kappa shape index (κ1) is 11.5. The third-order valence-corrected chi connectivity index (χ3v) is 4.00. The van der Waals surface area contributed by atoms with Gasteiger partial charge in [-0.15, -0.1) is 0 Å². The Balaban J connectivity index is 2.58. The molecular formula is C12H10O4S. The SMILES string of the molecule is O=S(=O)(c1cccc(O)c1)c1cccc(O)c1. The van der Waals surface area contributed by atoms with Crippen molar-refractivity contribution in [2.24, 2.45) is 0 Å². The van der Waals surface area contributed by atoms with Crippen molar-refractivity contribution in [3.05, 3.63) is 48.5 Å². The topological polar surface area (TPSA) is 74.6 Å². The molecule has 2 N–H and O–H groups in total. The van der Waals surface area contributed by atoms with Crippen LogP contribution in [-0.4, -0.2) is 18.6 Å². The summed E-state index contributed by atoms with van der Waals surface area (Å²) in [7, 11) is -3.70. The van der Waals surface area contributed by atoms with Crippen molar-refractivity contribution in [3.8, 4) is 11.5 Å². The van der Waals surface area contributed by atoms with E-state index in [-0.39, 0.29) is 21.3 Å². The van der Waals surface area contributed by atoms with E-state index in [0.717, 1.165) is 0 Å². The summed E-state index contributed by atoms with van der Waals surface area (Å²) in [5, 5.41) is 18.5. The number of phenols is 2. The molecule has 0 fully saturated rings. The largest absolute Gasteiger partial charge is 0.508 e. The Kier molecular flexibility index (Phi) is 2.77. The molecule has 0 aliphatic rings. The van der Waals surface area contributed by atoms with Gasteiger partial charge < -0.3 is 10.2 Å². The minimum atomic E-state index is -3.70. The average Bonchev–Trinajstić information content (AvgIpc) is 2.29. The summed E-state index contributed by atoms with van der Waals surface area (Å²) in [6.45, 7) is 0. The van der Waals surface area contributed by atoms with Crippen LogP contribution in [0, 0.1) is 0 Å². The number of benzene rings is 2. The van der Waals surface area contributed by atoms with Crippen LogP contribution in [-0.2, 0) is 9.84 Å². The van der Waals surface area contributed by atoms with Gasteiger partial charge in [-0.2, -0.15) is 0 Å². The van der Waals surface area contributed by atoms with Gasteiger partial charge in [0.15, 0.2) is 0 Å². The molecule has 88 valence electrons. The molecule has 2 rings (SSSR count). The van der Waals surface area contributed by atoms with Crippen LogP contribution in [0.2, 0.25) is 0 Å². The Labute approximate surface area is 98.7 Å². The van der Waals surface area contributed by atoms with Crippen molar-refractivity contribution in [1.82, 2.24) is 0 Å². The molecule has 0 aliphatic carbocycles. The van der Waals surface area contributed by atoms with Gasteiger partial charge in [0.2, 0.25) is 9.84 Å². The van der Waals surface area contributed by atoms with Crippen LogP contribution in [0.25, 0.3) is 0 Å². The molecule has 0 saturated carbocycles. The lowest BCUT2D eigenvalue weighted by molar-refractivity contribution is 0.472. The minimum Gasteiger partial charge on any atom is -0.508 e. The molecule has 0 spiro atoms. The summed E-state index contributed by atoms with van der Waals surface area (Å²) in [6.07, 6.45) is 0. The fourth-order valence-electron chi connectivity index (χ4n) is 1.44. The molecule has 0 bridgehead atoms. The van der Waals surface area contributed by atoms with Crippen molar-refractivity contribution >= 4 is 9.84 Å². The van der Waals surface area contributed by atoms with Crippen LogP contribution < -0.4 is 0 Å². The number of sulfone groups is 1. The van der Waals surface area contributed by atoms with Crippen molar-refractivity contribution < 1.29 is 18.6 Å². The second-order valence-electron chi connectivity index (χ2n) is 3.50. The standard InChI is InChI=1S/C12H10O4S/c13-9-3-1-5-11(7-9)17(15,16)12-6-2-4-10(14)8-12/h1-8,13-14H.